The molecule has 2 aliphatic heterocycles. The quantitative estimate of drug-likeness (QED) is 0.172. The van der Waals surface area contributed by atoms with Gasteiger partial charge >= 0.3 is 0 Å². The summed E-state index contributed by atoms with van der Waals surface area (Å²) in [5.74, 6) is 0. The van der Waals surface area contributed by atoms with Gasteiger partial charge in [-0.25, -0.2) is 0 Å². The third kappa shape index (κ3) is 4.42. The summed E-state index contributed by atoms with van der Waals surface area (Å²) in [6, 6.07) is 69.0. The molecule has 9 aromatic rings. The van der Waals surface area contributed by atoms with Gasteiger partial charge in [-0.15, -0.1) is 0 Å². The van der Waals surface area contributed by atoms with Crippen LogP contribution in [0, 0.1) is 6.92 Å². The molecule has 0 aliphatic carbocycles. The highest BCUT2D eigenvalue weighted by molar-refractivity contribution is 7.00. The van der Waals surface area contributed by atoms with Crippen molar-refractivity contribution in [2.45, 2.75) is 6.92 Å². The Labute approximate surface area is 309 Å². The van der Waals surface area contributed by atoms with Crippen molar-refractivity contribution in [1.82, 2.24) is 4.57 Å². The Kier molecular flexibility index (Phi) is 6.56. The third-order valence-electron chi connectivity index (χ3n) is 11.3. The second-order valence-corrected chi connectivity index (χ2v) is 14.2. The number of rotatable bonds is 4. The fourth-order valence-corrected chi connectivity index (χ4v) is 9.04. The third-order valence-corrected chi connectivity index (χ3v) is 11.3. The van der Waals surface area contributed by atoms with Gasteiger partial charge in [0.05, 0.1) is 11.0 Å². The van der Waals surface area contributed by atoms with Crippen LogP contribution in [-0.4, -0.2) is 11.3 Å². The fourth-order valence-electron chi connectivity index (χ4n) is 9.04. The van der Waals surface area contributed by atoms with Gasteiger partial charge in [-0.05, 0) is 107 Å². The summed E-state index contributed by atoms with van der Waals surface area (Å²) in [7, 11) is 0. The lowest BCUT2D eigenvalue weighted by molar-refractivity contribution is 1.17. The molecule has 0 radical (unpaired) electrons. The first kappa shape index (κ1) is 29.9. The summed E-state index contributed by atoms with van der Waals surface area (Å²) in [4.78, 5) is 4.95. The number of hydrogen-bond donors (Lipinski definition) is 0. The summed E-state index contributed by atoms with van der Waals surface area (Å²) in [6.45, 7) is 2.31. The summed E-state index contributed by atoms with van der Waals surface area (Å²) in [5.41, 5.74) is 18.4. The number of nitrogens with zero attached hydrogens (tertiary/aromatic N) is 3. The predicted molar refractivity (Wildman–Crippen MR) is 225 cm³/mol. The molecule has 0 N–H and O–H groups in total. The van der Waals surface area contributed by atoms with Crippen LogP contribution in [0.15, 0.2) is 188 Å². The first-order valence-electron chi connectivity index (χ1n) is 18.4. The monoisotopic (exact) mass is 675 g/mol. The topological polar surface area (TPSA) is 11.4 Å². The molecular weight excluding hydrogens is 641 g/mol. The van der Waals surface area contributed by atoms with Crippen LogP contribution in [0.2, 0.25) is 0 Å². The van der Waals surface area contributed by atoms with Gasteiger partial charge in [0, 0.05) is 50.6 Å². The second kappa shape index (κ2) is 11.6. The van der Waals surface area contributed by atoms with E-state index in [-0.39, 0.29) is 6.71 Å². The molecule has 0 unspecified atom stereocenters. The average Bonchev–Trinajstić information content (AvgIpc) is 3.57. The largest absolute Gasteiger partial charge is 0.311 e. The summed E-state index contributed by atoms with van der Waals surface area (Å²) < 4.78 is 2.42. The molecule has 1 aromatic heterocycles. The Morgan fingerprint density at radius 2 is 0.925 bits per heavy atom. The normalized spacial score (nSPS) is 12.9. The predicted octanol–water partition coefficient (Wildman–Crippen LogP) is 10.8. The Bertz CT molecular complexity index is 2750. The first-order chi connectivity index (χ1) is 26.2. The Balaban J connectivity index is 1.16. The highest BCUT2D eigenvalue weighted by atomic mass is 15.2. The van der Waals surface area contributed by atoms with E-state index in [2.05, 4.69) is 209 Å². The highest BCUT2D eigenvalue weighted by Gasteiger charge is 2.43. The van der Waals surface area contributed by atoms with Crippen molar-refractivity contribution >= 4 is 79.0 Å². The number of hydrogen-bond acceptors (Lipinski definition) is 2. The lowest BCUT2D eigenvalue weighted by Crippen LogP contribution is -2.61. The lowest BCUT2D eigenvalue weighted by atomic mass is 9.33. The van der Waals surface area contributed by atoms with Gasteiger partial charge in [0.25, 0.3) is 6.71 Å². The Hall–Kier alpha value is -6.78. The minimum atomic E-state index is 0.0993. The molecule has 0 saturated carbocycles. The van der Waals surface area contributed by atoms with Gasteiger partial charge < -0.3 is 14.4 Å². The zero-order valence-corrected chi connectivity index (χ0v) is 29.3. The van der Waals surface area contributed by atoms with Crippen molar-refractivity contribution in [3.05, 3.63) is 194 Å². The molecule has 11 rings (SSSR count). The SMILES string of the molecule is Cc1cccc2c3ccccc3n(-c3ccc(-c4cc5c6c(c4)N(c4ccccc4)c4ccccc4B6c4ccccc4N5c4ccccc4)cc3)c12. The zero-order valence-electron chi connectivity index (χ0n) is 29.3. The van der Waals surface area contributed by atoms with Crippen molar-refractivity contribution in [3.8, 4) is 16.8 Å². The van der Waals surface area contributed by atoms with E-state index in [1.165, 1.54) is 77.6 Å². The van der Waals surface area contributed by atoms with E-state index in [9.17, 15) is 0 Å². The minimum absolute atomic E-state index is 0.0993. The van der Waals surface area contributed by atoms with Gasteiger partial charge in [-0.3, -0.25) is 0 Å². The highest BCUT2D eigenvalue weighted by Crippen LogP contribution is 2.46. The van der Waals surface area contributed by atoms with Gasteiger partial charge in [0.15, 0.2) is 0 Å². The van der Waals surface area contributed by atoms with Gasteiger partial charge in [-0.2, -0.15) is 0 Å². The average molecular weight is 676 g/mol. The van der Waals surface area contributed by atoms with E-state index in [0.717, 1.165) is 17.1 Å². The van der Waals surface area contributed by atoms with Crippen LogP contribution in [0.3, 0.4) is 0 Å². The van der Waals surface area contributed by atoms with E-state index < -0.39 is 0 Å². The summed E-state index contributed by atoms with van der Waals surface area (Å²) >= 11 is 0. The van der Waals surface area contributed by atoms with Crippen LogP contribution < -0.4 is 26.2 Å². The minimum Gasteiger partial charge on any atom is -0.311 e. The van der Waals surface area contributed by atoms with Crippen LogP contribution in [0.1, 0.15) is 5.56 Å². The van der Waals surface area contributed by atoms with Crippen molar-refractivity contribution in [3.63, 3.8) is 0 Å². The molecule has 0 amide bonds. The molecule has 248 valence electrons. The van der Waals surface area contributed by atoms with Crippen LogP contribution in [-0.2, 0) is 0 Å². The van der Waals surface area contributed by atoms with Crippen LogP contribution in [0.4, 0.5) is 34.1 Å². The molecule has 8 aromatic carbocycles. The zero-order chi connectivity index (χ0) is 35.0. The Morgan fingerprint density at radius 1 is 0.396 bits per heavy atom. The summed E-state index contributed by atoms with van der Waals surface area (Å²) in [6.07, 6.45) is 0. The van der Waals surface area contributed by atoms with E-state index in [0.29, 0.717) is 0 Å². The molecule has 0 atom stereocenters. The number of anilines is 6. The molecule has 3 heterocycles. The fraction of sp³-hybridized carbons (Fsp3) is 0.0204. The number of aryl methyl sites for hydroxylation is 1. The first-order valence-corrected chi connectivity index (χ1v) is 18.4. The second-order valence-electron chi connectivity index (χ2n) is 14.2. The molecule has 53 heavy (non-hydrogen) atoms. The molecule has 0 saturated heterocycles. The van der Waals surface area contributed by atoms with Crippen LogP contribution in [0.5, 0.6) is 0 Å². The number of para-hydroxylation sites is 6. The summed E-state index contributed by atoms with van der Waals surface area (Å²) in [5, 5.41) is 2.57. The molecule has 0 bridgehead atoms. The van der Waals surface area contributed by atoms with Gasteiger partial charge in [0.2, 0.25) is 0 Å². The number of fused-ring (bicyclic) bond motifs is 7. The van der Waals surface area contributed by atoms with Crippen molar-refractivity contribution in [1.29, 1.82) is 0 Å². The van der Waals surface area contributed by atoms with E-state index >= 15 is 0 Å². The Morgan fingerprint density at radius 3 is 1.55 bits per heavy atom. The van der Waals surface area contributed by atoms with E-state index in [4.69, 9.17) is 0 Å². The molecule has 0 spiro atoms. The smallest absolute Gasteiger partial charge is 0.252 e. The molecule has 3 nitrogen and oxygen atoms in total. The van der Waals surface area contributed by atoms with Crippen LogP contribution >= 0.6 is 0 Å². The number of benzene rings is 8. The van der Waals surface area contributed by atoms with Crippen LogP contribution in [0.25, 0.3) is 38.6 Å². The van der Waals surface area contributed by atoms with E-state index in [1.54, 1.807) is 0 Å². The number of aromatic nitrogens is 1. The maximum absolute atomic E-state index is 2.47. The lowest BCUT2D eigenvalue weighted by Gasteiger charge is -2.44. The van der Waals surface area contributed by atoms with E-state index in [1.807, 2.05) is 0 Å². The molecule has 0 fully saturated rings. The maximum Gasteiger partial charge on any atom is 0.252 e. The standard InChI is InChI=1S/C49H34BN3/c1-33-15-14-21-40-39-20-8-11-24-43(39)53(49(33)40)38-29-27-34(28-30-38)35-31-46-48-47(32-35)52(37-18-6-3-7-19-37)45-26-13-10-23-42(45)50(48)41-22-9-12-25-44(41)51(46)36-16-4-2-5-17-36/h2-32H,1H3. The van der Waals surface area contributed by atoms with Gasteiger partial charge in [-0.1, -0.05) is 121 Å². The molecule has 2 aliphatic rings. The van der Waals surface area contributed by atoms with Gasteiger partial charge in [0.1, 0.15) is 0 Å². The van der Waals surface area contributed by atoms with Crippen molar-refractivity contribution in [2.75, 3.05) is 9.80 Å². The van der Waals surface area contributed by atoms with Crippen molar-refractivity contribution < 1.29 is 0 Å². The molecular formula is C49H34BN3. The molecule has 4 heteroatoms. The van der Waals surface area contributed by atoms with Crippen molar-refractivity contribution in [2.24, 2.45) is 0 Å². The maximum atomic E-state index is 2.47.